The maximum atomic E-state index is 12.9. The summed E-state index contributed by atoms with van der Waals surface area (Å²) in [6, 6.07) is 12.0. The summed E-state index contributed by atoms with van der Waals surface area (Å²) in [5.41, 5.74) is 5.93. The van der Waals surface area contributed by atoms with Gasteiger partial charge in [0.05, 0.1) is 13.1 Å². The van der Waals surface area contributed by atoms with Gasteiger partial charge in [-0.3, -0.25) is 14.5 Å². The van der Waals surface area contributed by atoms with Crippen LogP contribution in [-0.2, 0) is 9.59 Å². The fourth-order valence-corrected chi connectivity index (χ4v) is 4.71. The van der Waals surface area contributed by atoms with Crippen LogP contribution in [0.4, 0.5) is 11.4 Å². The van der Waals surface area contributed by atoms with E-state index in [1.807, 2.05) is 69.0 Å². The van der Waals surface area contributed by atoms with Crippen LogP contribution in [0.15, 0.2) is 36.4 Å². The molecule has 0 heterocycles. The maximum absolute atomic E-state index is 12.9. The van der Waals surface area contributed by atoms with E-state index >= 15 is 0 Å². The van der Waals surface area contributed by atoms with E-state index in [0.29, 0.717) is 5.92 Å². The summed E-state index contributed by atoms with van der Waals surface area (Å²) >= 11 is 0. The molecule has 0 spiro atoms. The van der Waals surface area contributed by atoms with Gasteiger partial charge in [0.25, 0.3) is 0 Å². The smallest absolute Gasteiger partial charge is 0.238 e. The molecule has 1 aliphatic carbocycles. The van der Waals surface area contributed by atoms with Crippen LogP contribution < -0.4 is 10.6 Å². The first-order valence-electron chi connectivity index (χ1n) is 11.8. The summed E-state index contributed by atoms with van der Waals surface area (Å²) in [7, 11) is 0. The van der Waals surface area contributed by atoms with Crippen LogP contribution in [0.2, 0.25) is 0 Å². The molecule has 1 aliphatic rings. The first-order valence-corrected chi connectivity index (χ1v) is 11.8. The Morgan fingerprint density at radius 1 is 0.750 bits per heavy atom. The van der Waals surface area contributed by atoms with Gasteiger partial charge in [-0.2, -0.15) is 0 Å². The normalized spacial score (nSPS) is 14.4. The molecule has 5 nitrogen and oxygen atoms in total. The zero-order valence-corrected chi connectivity index (χ0v) is 20.0. The lowest BCUT2D eigenvalue weighted by Crippen LogP contribution is -2.42. The Balaban J connectivity index is 1.68. The summed E-state index contributed by atoms with van der Waals surface area (Å²) in [4.78, 5) is 27.9. The molecule has 0 saturated heterocycles. The molecule has 1 saturated carbocycles. The van der Waals surface area contributed by atoms with Gasteiger partial charge in [0.15, 0.2) is 0 Å². The average Bonchev–Trinajstić information content (AvgIpc) is 2.74. The number of amides is 2. The number of hydrogen-bond acceptors (Lipinski definition) is 3. The van der Waals surface area contributed by atoms with Crippen molar-refractivity contribution in [2.75, 3.05) is 30.3 Å². The minimum absolute atomic E-state index is 0.0712. The summed E-state index contributed by atoms with van der Waals surface area (Å²) < 4.78 is 0. The highest BCUT2D eigenvalue weighted by molar-refractivity contribution is 5.96. The van der Waals surface area contributed by atoms with Crippen molar-refractivity contribution in [2.45, 2.75) is 59.8 Å². The van der Waals surface area contributed by atoms with E-state index in [1.54, 1.807) is 0 Å². The van der Waals surface area contributed by atoms with Crippen molar-refractivity contribution in [3.05, 3.63) is 58.7 Å². The van der Waals surface area contributed by atoms with Crippen molar-refractivity contribution in [3.8, 4) is 0 Å². The molecule has 2 aromatic carbocycles. The zero-order valence-electron chi connectivity index (χ0n) is 20.0. The highest BCUT2D eigenvalue weighted by Gasteiger charge is 2.22. The molecule has 0 unspecified atom stereocenters. The summed E-state index contributed by atoms with van der Waals surface area (Å²) in [5, 5.41) is 6.15. The number of nitrogens with one attached hydrogen (secondary N) is 2. The minimum atomic E-state index is -0.0712. The molecular weight excluding hydrogens is 398 g/mol. The maximum Gasteiger partial charge on any atom is 0.238 e. The first kappa shape index (κ1) is 24.0. The number of carbonyl (C=O) groups excluding carboxylic acids is 2. The number of anilines is 2. The molecule has 32 heavy (non-hydrogen) atoms. The fourth-order valence-electron chi connectivity index (χ4n) is 4.71. The summed E-state index contributed by atoms with van der Waals surface area (Å²) in [6.45, 7) is 9.21. The minimum Gasteiger partial charge on any atom is -0.324 e. The molecule has 2 N–H and O–H groups in total. The van der Waals surface area contributed by atoms with Crippen molar-refractivity contribution in [2.24, 2.45) is 5.92 Å². The predicted molar refractivity (Wildman–Crippen MR) is 132 cm³/mol. The zero-order chi connectivity index (χ0) is 23.1. The molecule has 0 atom stereocenters. The molecule has 0 aliphatic heterocycles. The largest absolute Gasteiger partial charge is 0.324 e. The van der Waals surface area contributed by atoms with E-state index in [1.165, 1.54) is 32.1 Å². The van der Waals surface area contributed by atoms with Crippen LogP contribution in [0.3, 0.4) is 0 Å². The highest BCUT2D eigenvalue weighted by Crippen LogP contribution is 2.25. The molecule has 0 radical (unpaired) electrons. The standard InChI is InChI=1S/C27H37N3O2/c1-19-10-8-11-20(2)26(19)28-24(31)17-30(16-23-14-6-5-7-15-23)18-25(32)29-27-21(3)12-9-13-22(27)4/h8-13,23H,5-7,14-18H2,1-4H3,(H,28,31)(H,29,32). The Morgan fingerprint density at radius 3 is 1.56 bits per heavy atom. The Kier molecular flexibility index (Phi) is 8.46. The average molecular weight is 436 g/mol. The van der Waals surface area contributed by atoms with Crippen LogP contribution in [0, 0.1) is 33.6 Å². The lowest BCUT2D eigenvalue weighted by molar-refractivity contribution is -0.120. The lowest BCUT2D eigenvalue weighted by atomic mass is 9.89. The van der Waals surface area contributed by atoms with Gasteiger partial charge in [-0.05, 0) is 68.7 Å². The Bertz CT molecular complexity index is 840. The van der Waals surface area contributed by atoms with E-state index in [9.17, 15) is 9.59 Å². The topological polar surface area (TPSA) is 61.4 Å². The number of hydrogen-bond donors (Lipinski definition) is 2. The monoisotopic (exact) mass is 435 g/mol. The third-order valence-corrected chi connectivity index (χ3v) is 6.47. The van der Waals surface area contributed by atoms with Crippen LogP contribution in [0.25, 0.3) is 0 Å². The van der Waals surface area contributed by atoms with E-state index in [-0.39, 0.29) is 24.9 Å². The Hall–Kier alpha value is -2.66. The second-order valence-electron chi connectivity index (χ2n) is 9.30. The second-order valence-corrected chi connectivity index (χ2v) is 9.30. The van der Waals surface area contributed by atoms with Crippen LogP contribution >= 0.6 is 0 Å². The Morgan fingerprint density at radius 2 is 1.16 bits per heavy atom. The molecule has 5 heteroatoms. The number of carbonyl (C=O) groups is 2. The molecule has 3 rings (SSSR count). The van der Waals surface area contributed by atoms with Crippen LogP contribution in [0.5, 0.6) is 0 Å². The van der Waals surface area contributed by atoms with Crippen molar-refractivity contribution >= 4 is 23.2 Å². The van der Waals surface area contributed by atoms with Crippen molar-refractivity contribution in [3.63, 3.8) is 0 Å². The van der Waals surface area contributed by atoms with Gasteiger partial charge < -0.3 is 10.6 Å². The quantitative estimate of drug-likeness (QED) is 0.585. The van der Waals surface area contributed by atoms with E-state index in [4.69, 9.17) is 0 Å². The molecule has 2 aromatic rings. The molecule has 0 aromatic heterocycles. The van der Waals surface area contributed by atoms with Gasteiger partial charge in [0, 0.05) is 17.9 Å². The fraction of sp³-hybridized carbons (Fsp3) is 0.481. The SMILES string of the molecule is Cc1cccc(C)c1NC(=O)CN(CC(=O)Nc1c(C)cccc1C)CC1CCCCC1. The van der Waals surface area contributed by atoms with Gasteiger partial charge in [0.2, 0.25) is 11.8 Å². The molecule has 0 bridgehead atoms. The molecule has 172 valence electrons. The summed E-state index contributed by atoms with van der Waals surface area (Å²) in [5.74, 6) is 0.404. The van der Waals surface area contributed by atoms with E-state index in [2.05, 4.69) is 10.6 Å². The van der Waals surface area contributed by atoms with E-state index < -0.39 is 0 Å². The highest BCUT2D eigenvalue weighted by atomic mass is 16.2. The summed E-state index contributed by atoms with van der Waals surface area (Å²) in [6.07, 6.45) is 6.11. The van der Waals surface area contributed by atoms with Crippen molar-refractivity contribution in [1.82, 2.24) is 4.90 Å². The van der Waals surface area contributed by atoms with Crippen molar-refractivity contribution in [1.29, 1.82) is 0 Å². The van der Waals surface area contributed by atoms with Crippen LogP contribution in [0.1, 0.15) is 54.4 Å². The number of nitrogens with zero attached hydrogens (tertiary/aromatic N) is 1. The lowest BCUT2D eigenvalue weighted by Gasteiger charge is -2.29. The molecule has 2 amide bonds. The van der Waals surface area contributed by atoms with Gasteiger partial charge in [-0.15, -0.1) is 0 Å². The molecular formula is C27H37N3O2. The van der Waals surface area contributed by atoms with Gasteiger partial charge in [-0.1, -0.05) is 55.7 Å². The van der Waals surface area contributed by atoms with Gasteiger partial charge in [0.1, 0.15) is 0 Å². The predicted octanol–water partition coefficient (Wildman–Crippen LogP) is 5.38. The third kappa shape index (κ3) is 6.67. The van der Waals surface area contributed by atoms with Gasteiger partial charge >= 0.3 is 0 Å². The number of aryl methyl sites for hydroxylation is 4. The Labute approximate surface area is 192 Å². The first-order chi connectivity index (χ1) is 15.3. The number of benzene rings is 2. The van der Waals surface area contributed by atoms with E-state index in [0.717, 1.165) is 40.2 Å². The number of rotatable bonds is 8. The second kappa shape index (κ2) is 11.3. The number of para-hydroxylation sites is 2. The van der Waals surface area contributed by atoms with Gasteiger partial charge in [-0.25, -0.2) is 0 Å². The molecule has 1 fully saturated rings. The van der Waals surface area contributed by atoms with Crippen LogP contribution in [-0.4, -0.2) is 36.3 Å². The van der Waals surface area contributed by atoms with Crippen molar-refractivity contribution < 1.29 is 9.59 Å². The third-order valence-electron chi connectivity index (χ3n) is 6.47.